The first-order chi connectivity index (χ1) is 7.92. The van der Waals surface area contributed by atoms with E-state index in [1.165, 1.54) is 6.21 Å². The molecule has 1 aromatic rings. The molecule has 0 spiro atoms. The fraction of sp³-hybridized carbons (Fsp3) is 0.300. The van der Waals surface area contributed by atoms with Crippen molar-refractivity contribution in [2.45, 2.75) is 0 Å². The van der Waals surface area contributed by atoms with Gasteiger partial charge in [0.15, 0.2) is 0 Å². The summed E-state index contributed by atoms with van der Waals surface area (Å²) in [7, 11) is -2.18. The van der Waals surface area contributed by atoms with Crippen LogP contribution in [0.5, 0.6) is 0 Å². The molecule has 6 nitrogen and oxygen atoms in total. The second kappa shape index (κ2) is 5.65. The van der Waals surface area contributed by atoms with Crippen molar-refractivity contribution in [2.24, 2.45) is 10.9 Å². The topological polar surface area (TPSA) is 96.0 Å². The van der Waals surface area contributed by atoms with Gasteiger partial charge in [0, 0.05) is 19.3 Å². The highest BCUT2D eigenvalue weighted by atomic mass is 32.2. The third kappa shape index (κ3) is 4.83. The Balaban J connectivity index is 2.66. The summed E-state index contributed by atoms with van der Waals surface area (Å²) in [6, 6.07) is 7.27. The van der Waals surface area contributed by atoms with Crippen molar-refractivity contribution in [1.29, 1.82) is 0 Å². The van der Waals surface area contributed by atoms with E-state index in [4.69, 9.17) is 10.4 Å². The minimum Gasteiger partial charge on any atom is -0.373 e. The molecule has 3 N–H and O–H groups in total. The molecular formula is C10H15N3O3S. The van der Waals surface area contributed by atoms with Crippen molar-refractivity contribution >= 4 is 22.0 Å². The summed E-state index contributed by atoms with van der Waals surface area (Å²) in [6.07, 6.45) is 1.52. The predicted molar refractivity (Wildman–Crippen MR) is 67.9 cm³/mol. The number of nitrogens with zero attached hydrogens (tertiary/aromatic N) is 2. The summed E-state index contributed by atoms with van der Waals surface area (Å²) in [5.74, 6) is 4.72. The normalized spacial score (nSPS) is 11.9. The largest absolute Gasteiger partial charge is 0.373 e. The highest BCUT2D eigenvalue weighted by Crippen LogP contribution is 2.12. The van der Waals surface area contributed by atoms with Crippen LogP contribution in [0.4, 0.5) is 5.69 Å². The molecule has 0 fully saturated rings. The van der Waals surface area contributed by atoms with Gasteiger partial charge in [-0.15, -0.1) is 0 Å². The summed E-state index contributed by atoms with van der Waals surface area (Å²) < 4.78 is 29.8. The van der Waals surface area contributed by atoms with Crippen LogP contribution < -0.4 is 10.7 Å². The Hall–Kier alpha value is -1.60. The van der Waals surface area contributed by atoms with Gasteiger partial charge in [0.2, 0.25) is 0 Å². The smallest absolute Gasteiger partial charge is 0.266 e. The van der Waals surface area contributed by atoms with Crippen LogP contribution in [0.1, 0.15) is 5.56 Å². The lowest BCUT2D eigenvalue weighted by atomic mass is 10.2. The molecule has 0 atom stereocenters. The molecule has 7 heteroatoms. The van der Waals surface area contributed by atoms with Crippen LogP contribution >= 0.6 is 0 Å². The Kier molecular flexibility index (Phi) is 4.47. The van der Waals surface area contributed by atoms with Crippen molar-refractivity contribution in [2.75, 3.05) is 24.2 Å². The minimum atomic E-state index is -3.92. The highest BCUT2D eigenvalue weighted by molar-refractivity contribution is 7.85. The first kappa shape index (κ1) is 13.5. The number of nitrogens with two attached hydrogens (primary N) is 1. The van der Waals surface area contributed by atoms with Gasteiger partial charge in [0.1, 0.15) is 0 Å². The first-order valence-corrected chi connectivity index (χ1v) is 6.53. The van der Waals surface area contributed by atoms with Crippen LogP contribution in [0, 0.1) is 0 Å². The van der Waals surface area contributed by atoms with Gasteiger partial charge in [-0.2, -0.15) is 13.5 Å². The van der Waals surface area contributed by atoms with Gasteiger partial charge < -0.3 is 10.7 Å². The number of benzene rings is 1. The summed E-state index contributed by atoms with van der Waals surface area (Å²) in [4.78, 5) is 1.73. The lowest BCUT2D eigenvalue weighted by molar-refractivity contribution is 0.483. The third-order valence-electron chi connectivity index (χ3n) is 2.24. The zero-order valence-corrected chi connectivity index (χ0v) is 10.3. The SMILES string of the molecule is CN(CCS(=O)(=O)O)c1ccc(C=NN)cc1. The zero-order valence-electron chi connectivity index (χ0n) is 9.44. The maximum atomic E-state index is 10.6. The number of hydrogen-bond donors (Lipinski definition) is 2. The molecule has 17 heavy (non-hydrogen) atoms. The van der Waals surface area contributed by atoms with E-state index in [-0.39, 0.29) is 12.3 Å². The Labute approximate surface area is 100 Å². The monoisotopic (exact) mass is 257 g/mol. The van der Waals surface area contributed by atoms with E-state index in [1.54, 1.807) is 11.9 Å². The van der Waals surface area contributed by atoms with Crippen LogP contribution in [-0.2, 0) is 10.1 Å². The predicted octanol–water partition coefficient (Wildman–Crippen LogP) is 0.303. The molecule has 0 heterocycles. The van der Waals surface area contributed by atoms with E-state index >= 15 is 0 Å². The molecule has 94 valence electrons. The van der Waals surface area contributed by atoms with Gasteiger partial charge in [-0.05, 0) is 17.7 Å². The van der Waals surface area contributed by atoms with E-state index in [0.29, 0.717) is 0 Å². The van der Waals surface area contributed by atoms with Crippen molar-refractivity contribution in [3.05, 3.63) is 29.8 Å². The third-order valence-corrected chi connectivity index (χ3v) is 2.94. The Bertz CT molecular complexity index is 482. The van der Waals surface area contributed by atoms with Crippen LogP contribution in [0.2, 0.25) is 0 Å². The minimum absolute atomic E-state index is 0.225. The summed E-state index contributed by atoms with van der Waals surface area (Å²) in [5.41, 5.74) is 1.71. The fourth-order valence-corrected chi connectivity index (χ4v) is 1.79. The Morgan fingerprint density at radius 1 is 1.41 bits per heavy atom. The van der Waals surface area contributed by atoms with E-state index < -0.39 is 10.1 Å². The average Bonchev–Trinajstić information content (AvgIpc) is 2.26. The van der Waals surface area contributed by atoms with E-state index in [2.05, 4.69) is 5.10 Å². The summed E-state index contributed by atoms with van der Waals surface area (Å²) in [6.45, 7) is 0.225. The molecule has 0 unspecified atom stereocenters. The van der Waals surface area contributed by atoms with Crippen molar-refractivity contribution in [1.82, 2.24) is 0 Å². The van der Waals surface area contributed by atoms with Gasteiger partial charge in [0.25, 0.3) is 10.1 Å². The second-order valence-electron chi connectivity index (χ2n) is 3.58. The van der Waals surface area contributed by atoms with Crippen LogP contribution in [0.25, 0.3) is 0 Å². The molecule has 0 radical (unpaired) electrons. The number of rotatable bonds is 5. The maximum Gasteiger partial charge on any atom is 0.266 e. The summed E-state index contributed by atoms with van der Waals surface area (Å²) in [5, 5.41) is 3.40. The standard InChI is InChI=1S/C10H15N3O3S/c1-13(6-7-17(14,15)16)10-4-2-9(3-5-10)8-12-11/h2-5,8H,6-7,11H2,1H3,(H,14,15,16). The zero-order chi connectivity index (χ0) is 12.9. The van der Waals surface area contributed by atoms with Gasteiger partial charge >= 0.3 is 0 Å². The molecule has 0 saturated carbocycles. The van der Waals surface area contributed by atoms with E-state index in [1.807, 2.05) is 24.3 Å². The molecule has 1 rings (SSSR count). The van der Waals surface area contributed by atoms with Gasteiger partial charge in [-0.25, -0.2) is 0 Å². The molecule has 0 aliphatic heterocycles. The second-order valence-corrected chi connectivity index (χ2v) is 5.15. The Morgan fingerprint density at radius 2 is 2.00 bits per heavy atom. The molecule has 1 aromatic carbocycles. The van der Waals surface area contributed by atoms with Crippen LogP contribution in [0.15, 0.2) is 29.4 Å². The van der Waals surface area contributed by atoms with Gasteiger partial charge in [-0.1, -0.05) is 12.1 Å². The molecule has 0 saturated heterocycles. The van der Waals surface area contributed by atoms with Crippen LogP contribution in [0.3, 0.4) is 0 Å². The lowest BCUT2D eigenvalue weighted by Gasteiger charge is -2.18. The van der Waals surface area contributed by atoms with Gasteiger partial charge in [0.05, 0.1) is 12.0 Å². The number of hydrazone groups is 1. The van der Waals surface area contributed by atoms with E-state index in [0.717, 1.165) is 11.3 Å². The highest BCUT2D eigenvalue weighted by Gasteiger charge is 2.07. The van der Waals surface area contributed by atoms with Gasteiger partial charge in [-0.3, -0.25) is 4.55 Å². The van der Waals surface area contributed by atoms with E-state index in [9.17, 15) is 8.42 Å². The molecule has 0 aliphatic carbocycles. The first-order valence-electron chi connectivity index (χ1n) is 4.92. The van der Waals surface area contributed by atoms with Crippen LogP contribution in [-0.4, -0.2) is 38.5 Å². The number of anilines is 1. The molecule has 0 amide bonds. The van der Waals surface area contributed by atoms with Crippen molar-refractivity contribution in [3.8, 4) is 0 Å². The molecule has 0 aliphatic rings. The number of hydrogen-bond acceptors (Lipinski definition) is 5. The summed E-state index contributed by atoms with van der Waals surface area (Å²) >= 11 is 0. The average molecular weight is 257 g/mol. The quantitative estimate of drug-likeness (QED) is 0.342. The molecule has 0 bridgehead atoms. The van der Waals surface area contributed by atoms with Crippen molar-refractivity contribution < 1.29 is 13.0 Å². The van der Waals surface area contributed by atoms with Crippen molar-refractivity contribution in [3.63, 3.8) is 0 Å². The maximum absolute atomic E-state index is 10.6. The molecular weight excluding hydrogens is 242 g/mol. The fourth-order valence-electron chi connectivity index (χ4n) is 1.28. The molecule has 0 aromatic heterocycles. The lowest BCUT2D eigenvalue weighted by Crippen LogP contribution is -2.24. The Morgan fingerprint density at radius 3 is 2.47 bits per heavy atom.